The normalized spacial score (nSPS) is 10.2. The Balaban J connectivity index is 2.02. The largest absolute Gasteiger partial charge is 0.323 e. The SMILES string of the molecule is CCN(C(=O)CC(=O)Nc1ccc(F)cc1F)c1ccccc1. The predicted octanol–water partition coefficient (Wildman–Crippen LogP) is 3.35. The van der Waals surface area contributed by atoms with Crippen LogP contribution in [0.3, 0.4) is 0 Å². The molecule has 120 valence electrons. The van der Waals surface area contributed by atoms with E-state index in [2.05, 4.69) is 5.32 Å². The Bertz CT molecular complexity index is 705. The second kappa shape index (κ2) is 7.49. The van der Waals surface area contributed by atoms with E-state index in [1.165, 1.54) is 4.90 Å². The molecule has 23 heavy (non-hydrogen) atoms. The fourth-order valence-electron chi connectivity index (χ4n) is 2.13. The molecule has 1 N–H and O–H groups in total. The molecule has 0 spiro atoms. The van der Waals surface area contributed by atoms with Crippen molar-refractivity contribution in [2.45, 2.75) is 13.3 Å². The minimum absolute atomic E-state index is 0.160. The van der Waals surface area contributed by atoms with Gasteiger partial charge in [-0.05, 0) is 31.2 Å². The quantitative estimate of drug-likeness (QED) is 0.860. The molecule has 0 atom stereocenters. The number of hydrogen-bond acceptors (Lipinski definition) is 2. The number of amides is 2. The van der Waals surface area contributed by atoms with Crippen molar-refractivity contribution in [3.8, 4) is 0 Å². The summed E-state index contributed by atoms with van der Waals surface area (Å²) in [7, 11) is 0. The summed E-state index contributed by atoms with van der Waals surface area (Å²) in [6, 6.07) is 11.7. The lowest BCUT2D eigenvalue weighted by atomic mass is 10.2. The number of rotatable bonds is 5. The van der Waals surface area contributed by atoms with Gasteiger partial charge >= 0.3 is 0 Å². The van der Waals surface area contributed by atoms with Crippen LogP contribution in [-0.2, 0) is 9.59 Å². The van der Waals surface area contributed by atoms with E-state index in [0.717, 1.165) is 12.1 Å². The Hall–Kier alpha value is -2.76. The van der Waals surface area contributed by atoms with Crippen molar-refractivity contribution in [2.24, 2.45) is 0 Å². The van der Waals surface area contributed by atoms with Gasteiger partial charge in [0.25, 0.3) is 0 Å². The summed E-state index contributed by atoms with van der Waals surface area (Å²) < 4.78 is 26.3. The molecule has 0 fully saturated rings. The fraction of sp³-hybridized carbons (Fsp3) is 0.176. The molecule has 0 unspecified atom stereocenters. The zero-order valence-corrected chi connectivity index (χ0v) is 12.6. The lowest BCUT2D eigenvalue weighted by molar-refractivity contribution is -0.125. The van der Waals surface area contributed by atoms with Crippen molar-refractivity contribution in [1.29, 1.82) is 0 Å². The summed E-state index contributed by atoms with van der Waals surface area (Å²) >= 11 is 0. The molecule has 2 rings (SSSR count). The van der Waals surface area contributed by atoms with Crippen LogP contribution in [0.5, 0.6) is 0 Å². The third kappa shape index (κ3) is 4.35. The molecule has 0 aliphatic carbocycles. The summed E-state index contributed by atoms with van der Waals surface area (Å²) in [5.41, 5.74) is 0.521. The topological polar surface area (TPSA) is 49.4 Å². The number of halogens is 2. The molecular formula is C17H16F2N2O2. The zero-order valence-electron chi connectivity index (χ0n) is 12.6. The summed E-state index contributed by atoms with van der Waals surface area (Å²) in [5.74, 6) is -2.69. The number of benzene rings is 2. The van der Waals surface area contributed by atoms with Gasteiger partial charge < -0.3 is 10.2 Å². The highest BCUT2D eigenvalue weighted by molar-refractivity contribution is 6.09. The van der Waals surface area contributed by atoms with E-state index in [4.69, 9.17) is 0 Å². The average molecular weight is 318 g/mol. The van der Waals surface area contributed by atoms with E-state index in [-0.39, 0.29) is 5.69 Å². The molecule has 2 amide bonds. The lowest BCUT2D eigenvalue weighted by Crippen LogP contribution is -2.33. The van der Waals surface area contributed by atoms with Gasteiger partial charge in [0, 0.05) is 18.3 Å². The number of nitrogens with zero attached hydrogens (tertiary/aromatic N) is 1. The molecule has 6 heteroatoms. The van der Waals surface area contributed by atoms with Gasteiger partial charge in [-0.1, -0.05) is 18.2 Å². The van der Waals surface area contributed by atoms with Crippen LogP contribution in [0.2, 0.25) is 0 Å². The molecule has 0 saturated heterocycles. The van der Waals surface area contributed by atoms with Crippen LogP contribution in [0.25, 0.3) is 0 Å². The van der Waals surface area contributed by atoms with E-state index in [9.17, 15) is 18.4 Å². The lowest BCUT2D eigenvalue weighted by Gasteiger charge is -2.20. The van der Waals surface area contributed by atoms with Crippen LogP contribution in [0.15, 0.2) is 48.5 Å². The maximum absolute atomic E-state index is 13.5. The number of carbonyl (C=O) groups is 2. The van der Waals surface area contributed by atoms with Gasteiger partial charge in [0.05, 0.1) is 5.69 Å². The molecule has 2 aromatic carbocycles. The van der Waals surface area contributed by atoms with Gasteiger partial charge in [0.15, 0.2) is 0 Å². The van der Waals surface area contributed by atoms with E-state index < -0.39 is 29.9 Å². The third-order valence-electron chi connectivity index (χ3n) is 3.20. The first-order chi connectivity index (χ1) is 11.0. The van der Waals surface area contributed by atoms with Gasteiger partial charge in [-0.3, -0.25) is 9.59 Å². The van der Waals surface area contributed by atoms with Crippen molar-refractivity contribution in [3.63, 3.8) is 0 Å². The first-order valence-electron chi connectivity index (χ1n) is 7.11. The highest BCUT2D eigenvalue weighted by Crippen LogP contribution is 2.17. The summed E-state index contributed by atoms with van der Waals surface area (Å²) in [6.07, 6.45) is -0.431. The minimum Gasteiger partial charge on any atom is -0.323 e. The van der Waals surface area contributed by atoms with Crippen LogP contribution in [-0.4, -0.2) is 18.4 Å². The molecule has 0 saturated carbocycles. The smallest absolute Gasteiger partial charge is 0.236 e. The van der Waals surface area contributed by atoms with Crippen molar-refractivity contribution >= 4 is 23.2 Å². The Labute approximate surface area is 132 Å². The van der Waals surface area contributed by atoms with Crippen molar-refractivity contribution < 1.29 is 18.4 Å². The molecule has 0 radical (unpaired) electrons. The molecule has 0 aliphatic heterocycles. The maximum Gasteiger partial charge on any atom is 0.236 e. The number of anilines is 2. The standard InChI is InChI=1S/C17H16F2N2O2/c1-2-21(13-6-4-3-5-7-13)17(23)11-16(22)20-15-9-8-12(18)10-14(15)19/h3-10H,2,11H2,1H3,(H,20,22). The Kier molecular flexibility index (Phi) is 5.41. The first-order valence-corrected chi connectivity index (χ1v) is 7.11. The van der Waals surface area contributed by atoms with E-state index >= 15 is 0 Å². The van der Waals surface area contributed by atoms with Crippen molar-refractivity contribution in [2.75, 3.05) is 16.8 Å². The molecule has 0 heterocycles. The highest BCUT2D eigenvalue weighted by Gasteiger charge is 2.18. The average Bonchev–Trinajstić information content (AvgIpc) is 2.52. The van der Waals surface area contributed by atoms with E-state index in [1.54, 1.807) is 31.2 Å². The number of nitrogens with one attached hydrogen (secondary N) is 1. The monoisotopic (exact) mass is 318 g/mol. The summed E-state index contributed by atoms with van der Waals surface area (Å²) in [5, 5.41) is 2.27. The molecule has 0 bridgehead atoms. The van der Waals surface area contributed by atoms with Crippen LogP contribution >= 0.6 is 0 Å². The molecule has 0 aromatic heterocycles. The van der Waals surface area contributed by atoms with Gasteiger partial charge in [0.1, 0.15) is 18.1 Å². The van der Waals surface area contributed by atoms with Crippen molar-refractivity contribution in [3.05, 3.63) is 60.2 Å². The van der Waals surface area contributed by atoms with Crippen LogP contribution < -0.4 is 10.2 Å². The number of carbonyl (C=O) groups excluding carboxylic acids is 2. The van der Waals surface area contributed by atoms with Crippen LogP contribution in [0, 0.1) is 11.6 Å². The Morgan fingerprint density at radius 2 is 1.78 bits per heavy atom. The molecular weight excluding hydrogens is 302 g/mol. The maximum atomic E-state index is 13.5. The van der Waals surface area contributed by atoms with Gasteiger partial charge in [0.2, 0.25) is 11.8 Å². The van der Waals surface area contributed by atoms with Gasteiger partial charge in [-0.15, -0.1) is 0 Å². The van der Waals surface area contributed by atoms with Crippen LogP contribution in [0.4, 0.5) is 20.2 Å². The number of para-hydroxylation sites is 1. The third-order valence-corrected chi connectivity index (χ3v) is 3.20. The second-order valence-corrected chi connectivity index (χ2v) is 4.82. The number of hydrogen-bond donors (Lipinski definition) is 1. The predicted molar refractivity (Wildman–Crippen MR) is 84.1 cm³/mol. The highest BCUT2D eigenvalue weighted by atomic mass is 19.1. The minimum atomic E-state index is -0.888. The zero-order chi connectivity index (χ0) is 16.8. The molecule has 0 aliphatic rings. The summed E-state index contributed by atoms with van der Waals surface area (Å²) in [4.78, 5) is 25.6. The first kappa shape index (κ1) is 16.6. The molecule has 2 aromatic rings. The Morgan fingerprint density at radius 1 is 1.09 bits per heavy atom. The second-order valence-electron chi connectivity index (χ2n) is 4.82. The van der Waals surface area contributed by atoms with Gasteiger partial charge in [-0.2, -0.15) is 0 Å². The Morgan fingerprint density at radius 3 is 2.39 bits per heavy atom. The van der Waals surface area contributed by atoms with E-state index in [1.807, 2.05) is 6.07 Å². The van der Waals surface area contributed by atoms with Gasteiger partial charge in [-0.25, -0.2) is 8.78 Å². The van der Waals surface area contributed by atoms with E-state index in [0.29, 0.717) is 18.3 Å². The van der Waals surface area contributed by atoms with Crippen LogP contribution in [0.1, 0.15) is 13.3 Å². The molecule has 4 nitrogen and oxygen atoms in total. The van der Waals surface area contributed by atoms with Crippen molar-refractivity contribution in [1.82, 2.24) is 0 Å². The fourth-order valence-corrected chi connectivity index (χ4v) is 2.13. The summed E-state index contributed by atoms with van der Waals surface area (Å²) in [6.45, 7) is 2.20.